The Morgan fingerprint density at radius 2 is 2.03 bits per heavy atom. The van der Waals surface area contributed by atoms with E-state index >= 15 is 0 Å². The summed E-state index contributed by atoms with van der Waals surface area (Å²) < 4.78 is 8.58. The molecule has 3 saturated heterocycles. The highest BCUT2D eigenvalue weighted by molar-refractivity contribution is 8.02. The lowest BCUT2D eigenvalue weighted by atomic mass is 9.90. The van der Waals surface area contributed by atoms with E-state index in [2.05, 4.69) is 19.4 Å². The van der Waals surface area contributed by atoms with Crippen LogP contribution < -0.4 is 5.84 Å². The highest BCUT2D eigenvalue weighted by Crippen LogP contribution is 2.53. The number of thiazole rings is 1. The second kappa shape index (κ2) is 10.3. The van der Waals surface area contributed by atoms with Gasteiger partial charge in [0.05, 0.1) is 29.4 Å². The molecule has 3 aliphatic rings. The molecule has 3 amide bonds. The summed E-state index contributed by atoms with van der Waals surface area (Å²) in [6.45, 7) is 3.18. The Bertz CT molecular complexity index is 1180. The Kier molecular flexibility index (Phi) is 7.52. The largest absolute Gasteiger partial charge is 0.541 e. The van der Waals surface area contributed by atoms with E-state index in [0.717, 1.165) is 16.8 Å². The van der Waals surface area contributed by atoms with Crippen LogP contribution in [0.15, 0.2) is 10.5 Å². The predicted molar refractivity (Wildman–Crippen MR) is 130 cm³/mol. The van der Waals surface area contributed by atoms with Crippen molar-refractivity contribution in [2.45, 2.75) is 36.6 Å². The first-order valence-corrected chi connectivity index (χ1v) is 12.6. The van der Waals surface area contributed by atoms with Crippen molar-refractivity contribution < 1.29 is 38.1 Å². The van der Waals surface area contributed by atoms with Gasteiger partial charge in [-0.05, 0) is 13.8 Å². The molecule has 3 fully saturated rings. The molecule has 1 aromatic heterocycles. The lowest BCUT2D eigenvalue weighted by Crippen LogP contribution is -2.60. The molecular weight excluding hydrogens is 526 g/mol. The molecule has 1 unspecified atom stereocenters. The molecule has 2 N–H and O–H groups in total. The molecule has 1 aromatic rings. The molecule has 0 aromatic carbocycles. The molecule has 0 saturated carbocycles. The van der Waals surface area contributed by atoms with Crippen LogP contribution in [0.3, 0.4) is 0 Å². The Balaban J connectivity index is 1.55. The van der Waals surface area contributed by atoms with Gasteiger partial charge in [-0.15, -0.1) is 11.3 Å². The minimum absolute atomic E-state index is 0.122. The zero-order valence-electron chi connectivity index (χ0n) is 19.7. The molecule has 18 heteroatoms. The van der Waals surface area contributed by atoms with Crippen molar-refractivity contribution in [2.24, 2.45) is 16.9 Å². The molecule has 4 atom stereocenters. The van der Waals surface area contributed by atoms with Gasteiger partial charge in [-0.3, -0.25) is 24.3 Å². The van der Waals surface area contributed by atoms with E-state index in [1.54, 1.807) is 12.3 Å². The van der Waals surface area contributed by atoms with Crippen LogP contribution >= 0.6 is 23.1 Å². The number of nitrogens with zero attached hydrogens (tertiary/aromatic N) is 5. The summed E-state index contributed by atoms with van der Waals surface area (Å²) >= 11 is 2.26. The van der Waals surface area contributed by atoms with E-state index in [-0.39, 0.29) is 37.5 Å². The number of rotatable bonds is 9. The maximum absolute atomic E-state index is 13.3. The summed E-state index contributed by atoms with van der Waals surface area (Å²) in [4.78, 5) is 73.4. The van der Waals surface area contributed by atoms with E-state index in [9.17, 15) is 24.0 Å². The van der Waals surface area contributed by atoms with Crippen molar-refractivity contribution in [3.63, 3.8) is 0 Å². The minimum Gasteiger partial charge on any atom is -0.541 e. The smallest absolute Gasteiger partial charge is 0.378 e. The third-order valence-electron chi connectivity index (χ3n) is 6.14. The molecule has 37 heavy (non-hydrogen) atoms. The number of nitrogens with two attached hydrogens (primary N) is 1. The van der Waals surface area contributed by atoms with Crippen LogP contribution in [-0.2, 0) is 33.3 Å². The molecule has 4 rings (SSSR count). The zero-order valence-corrected chi connectivity index (χ0v) is 21.3. The van der Waals surface area contributed by atoms with Gasteiger partial charge in [0.15, 0.2) is 11.5 Å². The van der Waals surface area contributed by atoms with Crippen molar-refractivity contribution in [1.82, 2.24) is 19.8 Å². The molecule has 0 spiro atoms. The number of aryl methyl sites for hydroxylation is 1. The number of hydrogen-bond donors (Lipinski definition) is 1. The van der Waals surface area contributed by atoms with E-state index in [4.69, 9.17) is 26.8 Å². The molecule has 4 heterocycles. The Hall–Kier alpha value is -3.11. The second-order valence-corrected chi connectivity index (χ2v) is 10.9. The van der Waals surface area contributed by atoms with Gasteiger partial charge in [-0.25, -0.2) is 20.4 Å². The number of oxime groups is 1. The summed E-state index contributed by atoms with van der Waals surface area (Å²) in [5, 5.41) is 6.37. The molecule has 0 bridgehead atoms. The van der Waals surface area contributed by atoms with Crippen molar-refractivity contribution >= 4 is 74.6 Å². The van der Waals surface area contributed by atoms with Gasteiger partial charge in [0.2, 0.25) is 16.9 Å². The average molecular weight is 546 g/mol. The highest BCUT2D eigenvalue weighted by atomic mass is 32.2. The van der Waals surface area contributed by atoms with E-state index < -0.39 is 51.9 Å². The molecule has 4 radical (unpaired) electrons. The van der Waals surface area contributed by atoms with E-state index in [0.29, 0.717) is 5.01 Å². The lowest BCUT2D eigenvalue weighted by Gasteiger charge is -2.40. The number of aromatic nitrogens is 1. The topological polar surface area (TPSA) is 174 Å². The Morgan fingerprint density at radius 1 is 1.30 bits per heavy atom. The molecule has 0 aliphatic carbocycles. The molecule has 3 aliphatic heterocycles. The van der Waals surface area contributed by atoms with Crippen LogP contribution in [0.5, 0.6) is 0 Å². The normalized spacial score (nSPS) is 26.0. The Labute approximate surface area is 221 Å². The first-order chi connectivity index (χ1) is 17.5. The van der Waals surface area contributed by atoms with E-state index in [1.165, 1.54) is 28.1 Å². The first kappa shape index (κ1) is 26.9. The van der Waals surface area contributed by atoms with Gasteiger partial charge in [0, 0.05) is 18.3 Å². The van der Waals surface area contributed by atoms with Gasteiger partial charge in [-0.1, -0.05) is 16.9 Å². The van der Waals surface area contributed by atoms with E-state index in [1.807, 2.05) is 0 Å². The number of carbonyl (C=O) groups is 5. The number of carbonyl (C=O) groups excluding carboxylic acids is 5. The zero-order chi connectivity index (χ0) is 27.1. The summed E-state index contributed by atoms with van der Waals surface area (Å²) in [6.07, 6.45) is -1.51. The summed E-state index contributed by atoms with van der Waals surface area (Å²) in [6, 6.07) is -0.615. The van der Waals surface area contributed by atoms with Gasteiger partial charge in [-0.2, -0.15) is 0 Å². The van der Waals surface area contributed by atoms with Crippen molar-refractivity contribution in [3.8, 4) is 0 Å². The molecule has 14 nitrogen and oxygen atoms in total. The number of ketones is 1. The van der Waals surface area contributed by atoms with Gasteiger partial charge < -0.3 is 19.0 Å². The third-order valence-corrected chi connectivity index (χ3v) is 8.64. The Morgan fingerprint density at radius 3 is 2.59 bits per heavy atom. The number of fused-ring (bicyclic) bond motifs is 1. The van der Waals surface area contributed by atoms with Crippen LogP contribution in [0.4, 0.5) is 4.79 Å². The van der Waals surface area contributed by atoms with Crippen LogP contribution in [0.25, 0.3) is 0 Å². The van der Waals surface area contributed by atoms with Crippen molar-refractivity contribution in [3.05, 3.63) is 16.1 Å². The van der Waals surface area contributed by atoms with Crippen LogP contribution in [0.2, 0.25) is 0 Å². The predicted octanol–water partition coefficient (Wildman–Crippen LogP) is -1.39. The first-order valence-electron chi connectivity index (χ1n) is 10.9. The number of amides is 3. The number of hydrazine groups is 1. The summed E-state index contributed by atoms with van der Waals surface area (Å²) in [5.74, 6) is 2.02. The van der Waals surface area contributed by atoms with Crippen LogP contribution in [0.1, 0.15) is 24.0 Å². The van der Waals surface area contributed by atoms with Gasteiger partial charge in [0.1, 0.15) is 5.69 Å². The number of thioether (sulfide) groups is 1. The second-order valence-electron chi connectivity index (χ2n) is 8.40. The van der Waals surface area contributed by atoms with Crippen LogP contribution in [-0.4, -0.2) is 107 Å². The summed E-state index contributed by atoms with van der Waals surface area (Å²) in [7, 11) is 10.0. The third kappa shape index (κ3) is 4.68. The average Bonchev–Trinajstić information content (AvgIpc) is 3.58. The fourth-order valence-electron chi connectivity index (χ4n) is 4.20. The maximum Gasteiger partial charge on any atom is 0.378 e. The number of urea groups is 1. The number of hydrogen-bond acceptors (Lipinski definition) is 13. The maximum atomic E-state index is 13.3. The minimum atomic E-state index is -1.61. The number of β-lactam (4-membered cyclic amide) rings is 1. The number of Topliss-reactive ketones (excluding diaryl/α,β-unsaturated/α-hetero) is 1. The monoisotopic (exact) mass is 546 g/mol. The standard InChI is InChI=1S/C19H20B2N6O8S2/c1-8(16(30)33-20)35-24-13(11-6-36-9(2)23-11)12(28)5-10-14(29)25-7-19(17(31)34-21,37-15(10)25)26-3-4-27(22)18(26)32/h6,8,10,15H,3-5,7,22H2,1-2H3/b24-13-/t8-,10?,15+,19+/m0/s1. The van der Waals surface area contributed by atoms with Crippen LogP contribution in [0, 0.1) is 12.8 Å². The molecular formula is C19H20B2N6O8S2. The van der Waals surface area contributed by atoms with Crippen molar-refractivity contribution in [1.29, 1.82) is 0 Å². The molecule has 192 valence electrons. The SMILES string of the molecule is [B]OC(=O)[C@H](C)O/N=C(\C(=O)CC1C(=O)N2C[C@@](C(=O)O[B])(N3CCN(N)C3=O)S[C@H]12)c1csc(C)n1. The fraction of sp³-hybridized carbons (Fsp3) is 0.526. The lowest BCUT2D eigenvalue weighted by molar-refractivity contribution is -0.153. The highest BCUT2D eigenvalue weighted by Gasteiger charge is 2.66. The summed E-state index contributed by atoms with van der Waals surface area (Å²) in [5.41, 5.74) is 0.00618. The van der Waals surface area contributed by atoms with Gasteiger partial charge >= 0.3 is 34.1 Å². The van der Waals surface area contributed by atoms with Gasteiger partial charge in [0.25, 0.3) is 0 Å². The fourth-order valence-corrected chi connectivity index (χ4v) is 6.53. The van der Waals surface area contributed by atoms with Crippen molar-refractivity contribution in [2.75, 3.05) is 19.6 Å². The quantitative estimate of drug-likeness (QED) is 0.0965.